The zero-order valence-electron chi connectivity index (χ0n) is 16.2. The number of hydrogen-bond acceptors (Lipinski definition) is 4. The van der Waals surface area contributed by atoms with Gasteiger partial charge in [0.1, 0.15) is 0 Å². The molecule has 146 valence electrons. The van der Waals surface area contributed by atoms with Gasteiger partial charge in [0.05, 0.1) is 9.77 Å². The summed E-state index contributed by atoms with van der Waals surface area (Å²) in [5.41, 5.74) is 4.25. The Bertz CT molecular complexity index is 1110. The Hall–Kier alpha value is -2.48. The largest absolute Gasteiger partial charge is 0.321 e. The van der Waals surface area contributed by atoms with Crippen LogP contribution in [0.2, 0.25) is 0 Å². The number of carbonyl (C=O) groups excluding carboxylic acids is 1. The van der Waals surface area contributed by atoms with Gasteiger partial charge in [0.2, 0.25) is 10.0 Å². The number of nitrogens with zero attached hydrogens (tertiary/aromatic N) is 1. The molecular formula is C21H22N2O3S2. The summed E-state index contributed by atoms with van der Waals surface area (Å²) < 4.78 is 25.9. The summed E-state index contributed by atoms with van der Waals surface area (Å²) in [5, 5.41) is 4.75. The molecule has 0 saturated carbocycles. The molecule has 2 aromatic carbocycles. The number of thiophene rings is 1. The summed E-state index contributed by atoms with van der Waals surface area (Å²) >= 11 is 1.36. The Morgan fingerprint density at radius 2 is 1.68 bits per heavy atom. The van der Waals surface area contributed by atoms with Crippen molar-refractivity contribution in [3.05, 3.63) is 69.9 Å². The molecule has 0 bridgehead atoms. The van der Waals surface area contributed by atoms with Crippen LogP contribution in [0.15, 0.2) is 58.8 Å². The van der Waals surface area contributed by atoms with Gasteiger partial charge in [-0.2, -0.15) is 0 Å². The molecule has 1 N–H and O–H groups in total. The van der Waals surface area contributed by atoms with E-state index in [2.05, 4.69) is 5.32 Å². The molecule has 1 heterocycles. The van der Waals surface area contributed by atoms with Gasteiger partial charge in [-0.3, -0.25) is 4.79 Å². The van der Waals surface area contributed by atoms with Crippen molar-refractivity contribution in [2.24, 2.45) is 0 Å². The third-order valence-electron chi connectivity index (χ3n) is 4.47. The van der Waals surface area contributed by atoms with Crippen LogP contribution < -0.4 is 5.32 Å². The molecule has 28 heavy (non-hydrogen) atoms. The van der Waals surface area contributed by atoms with Crippen LogP contribution in [0.1, 0.15) is 20.8 Å². The number of hydrogen-bond donors (Lipinski definition) is 1. The van der Waals surface area contributed by atoms with E-state index in [1.165, 1.54) is 31.5 Å². The molecule has 0 fully saturated rings. The lowest BCUT2D eigenvalue weighted by molar-refractivity contribution is 0.103. The first-order valence-corrected chi connectivity index (χ1v) is 11.0. The molecule has 0 aliphatic rings. The second-order valence-electron chi connectivity index (χ2n) is 6.75. The number of nitrogens with one attached hydrogen (secondary N) is 1. The van der Waals surface area contributed by atoms with E-state index in [-0.39, 0.29) is 10.8 Å². The zero-order chi connectivity index (χ0) is 20.5. The highest BCUT2D eigenvalue weighted by molar-refractivity contribution is 7.89. The minimum absolute atomic E-state index is 0.142. The fraction of sp³-hybridized carbons (Fsp3) is 0.190. The van der Waals surface area contributed by atoms with Crippen molar-refractivity contribution in [3.63, 3.8) is 0 Å². The Labute approximate surface area is 169 Å². The average molecular weight is 415 g/mol. The molecule has 3 rings (SSSR count). The van der Waals surface area contributed by atoms with E-state index in [1.807, 2.05) is 49.6 Å². The van der Waals surface area contributed by atoms with Gasteiger partial charge in [-0.1, -0.05) is 35.9 Å². The predicted molar refractivity (Wildman–Crippen MR) is 114 cm³/mol. The van der Waals surface area contributed by atoms with Crippen molar-refractivity contribution in [3.8, 4) is 11.1 Å². The van der Waals surface area contributed by atoms with Crippen LogP contribution in [0.3, 0.4) is 0 Å². The first-order chi connectivity index (χ1) is 13.2. The van der Waals surface area contributed by atoms with E-state index in [0.717, 1.165) is 26.6 Å². The van der Waals surface area contributed by atoms with Crippen molar-refractivity contribution >= 4 is 33.0 Å². The van der Waals surface area contributed by atoms with Crippen molar-refractivity contribution in [2.75, 3.05) is 19.4 Å². The van der Waals surface area contributed by atoms with Crippen molar-refractivity contribution < 1.29 is 13.2 Å². The lowest BCUT2D eigenvalue weighted by Crippen LogP contribution is -2.22. The second-order valence-corrected chi connectivity index (χ2v) is 9.82. The SMILES string of the molecule is Cc1ccc(-c2ccsc2C(=O)Nc2cc(S(=O)(=O)N(C)C)ccc2C)cc1. The lowest BCUT2D eigenvalue weighted by atomic mass is 10.0. The van der Waals surface area contributed by atoms with Crippen molar-refractivity contribution in [1.82, 2.24) is 4.31 Å². The third kappa shape index (κ3) is 4.01. The Kier molecular flexibility index (Phi) is 5.69. The highest BCUT2D eigenvalue weighted by Gasteiger charge is 2.20. The van der Waals surface area contributed by atoms with Crippen LogP contribution in [0.5, 0.6) is 0 Å². The molecule has 0 saturated heterocycles. The maximum absolute atomic E-state index is 12.9. The quantitative estimate of drug-likeness (QED) is 0.667. The van der Waals surface area contributed by atoms with E-state index < -0.39 is 10.0 Å². The van der Waals surface area contributed by atoms with E-state index >= 15 is 0 Å². The van der Waals surface area contributed by atoms with E-state index in [0.29, 0.717) is 10.6 Å². The van der Waals surface area contributed by atoms with Gasteiger partial charge in [0, 0.05) is 25.3 Å². The average Bonchev–Trinajstić information content (AvgIpc) is 3.13. The van der Waals surface area contributed by atoms with Crippen LogP contribution in [-0.2, 0) is 10.0 Å². The monoisotopic (exact) mass is 414 g/mol. The normalized spacial score (nSPS) is 11.6. The predicted octanol–water partition coefficient (Wildman–Crippen LogP) is 4.53. The highest BCUT2D eigenvalue weighted by atomic mass is 32.2. The number of benzene rings is 2. The van der Waals surface area contributed by atoms with Crippen LogP contribution in [0.25, 0.3) is 11.1 Å². The Morgan fingerprint density at radius 3 is 2.32 bits per heavy atom. The zero-order valence-corrected chi connectivity index (χ0v) is 17.8. The van der Waals surface area contributed by atoms with Crippen LogP contribution in [-0.4, -0.2) is 32.7 Å². The fourth-order valence-electron chi connectivity index (χ4n) is 2.73. The molecule has 0 atom stereocenters. The number of sulfonamides is 1. The minimum atomic E-state index is -3.58. The molecule has 0 radical (unpaired) electrons. The molecule has 0 aliphatic heterocycles. The molecule has 3 aromatic rings. The third-order valence-corrected chi connectivity index (χ3v) is 7.19. The van der Waals surface area contributed by atoms with Crippen LogP contribution >= 0.6 is 11.3 Å². The molecule has 0 spiro atoms. The molecule has 5 nitrogen and oxygen atoms in total. The van der Waals surface area contributed by atoms with Gasteiger partial charge < -0.3 is 5.32 Å². The first kappa shape index (κ1) is 20.3. The van der Waals surface area contributed by atoms with E-state index in [9.17, 15) is 13.2 Å². The number of anilines is 1. The second kappa shape index (κ2) is 7.87. The molecule has 7 heteroatoms. The molecule has 1 amide bonds. The summed E-state index contributed by atoms with van der Waals surface area (Å²) in [4.78, 5) is 13.7. The lowest BCUT2D eigenvalue weighted by Gasteiger charge is -2.14. The summed E-state index contributed by atoms with van der Waals surface area (Å²) in [7, 11) is -0.618. The van der Waals surface area contributed by atoms with Crippen molar-refractivity contribution in [1.29, 1.82) is 0 Å². The van der Waals surface area contributed by atoms with Gasteiger partial charge in [0.15, 0.2) is 0 Å². The maximum atomic E-state index is 12.9. The summed E-state index contributed by atoms with van der Waals surface area (Å²) in [5.74, 6) is -0.256. The Morgan fingerprint density at radius 1 is 1.00 bits per heavy atom. The van der Waals surface area contributed by atoms with Gasteiger partial charge in [-0.05, 0) is 48.6 Å². The summed E-state index contributed by atoms with van der Waals surface area (Å²) in [6.07, 6.45) is 0. The number of rotatable bonds is 5. The fourth-order valence-corrected chi connectivity index (χ4v) is 4.47. The Balaban J connectivity index is 1.93. The maximum Gasteiger partial charge on any atom is 0.266 e. The van der Waals surface area contributed by atoms with Gasteiger partial charge in [-0.15, -0.1) is 11.3 Å². The van der Waals surface area contributed by atoms with E-state index in [1.54, 1.807) is 12.1 Å². The molecular weight excluding hydrogens is 392 g/mol. The standard InChI is InChI=1S/C21H22N2O3S2/c1-14-5-8-16(9-6-14)18-11-12-27-20(18)21(24)22-19-13-17(10-7-15(19)2)28(25,26)23(3)4/h5-13H,1-4H3,(H,22,24). The minimum Gasteiger partial charge on any atom is -0.321 e. The van der Waals surface area contributed by atoms with Crippen LogP contribution in [0.4, 0.5) is 5.69 Å². The smallest absolute Gasteiger partial charge is 0.266 e. The van der Waals surface area contributed by atoms with Gasteiger partial charge in [-0.25, -0.2) is 12.7 Å². The first-order valence-electron chi connectivity index (χ1n) is 8.69. The van der Waals surface area contributed by atoms with Gasteiger partial charge >= 0.3 is 0 Å². The van der Waals surface area contributed by atoms with Crippen molar-refractivity contribution in [2.45, 2.75) is 18.7 Å². The topological polar surface area (TPSA) is 66.5 Å². The molecule has 1 aromatic heterocycles. The molecule has 0 unspecified atom stereocenters. The number of amides is 1. The number of aryl methyl sites for hydroxylation is 2. The molecule has 0 aliphatic carbocycles. The summed E-state index contributed by atoms with van der Waals surface area (Å²) in [6, 6.07) is 14.7. The van der Waals surface area contributed by atoms with E-state index in [4.69, 9.17) is 0 Å². The number of carbonyl (C=O) groups is 1. The highest BCUT2D eigenvalue weighted by Crippen LogP contribution is 2.30. The van der Waals surface area contributed by atoms with Crippen LogP contribution in [0, 0.1) is 13.8 Å². The van der Waals surface area contributed by atoms with Gasteiger partial charge in [0.25, 0.3) is 5.91 Å². The summed E-state index contributed by atoms with van der Waals surface area (Å²) in [6.45, 7) is 3.85.